The van der Waals surface area contributed by atoms with Gasteiger partial charge in [-0.15, -0.1) is 84.1 Å². The minimum atomic E-state index is 0. The molecular weight excluding hydrogens is 450 g/mol. The van der Waals surface area contributed by atoms with E-state index in [1.807, 2.05) is 0 Å². The number of fused-ring (bicyclic) bond motifs is 2. The van der Waals surface area contributed by atoms with Crippen LogP contribution >= 0.6 is 8.58 Å². The molecular formula is C25H21Cl2PTi. The van der Waals surface area contributed by atoms with Gasteiger partial charge < -0.3 is 24.8 Å². The second kappa shape index (κ2) is 12.3. The number of halogens is 2. The zero-order chi connectivity index (χ0) is 17.8. The van der Waals surface area contributed by atoms with Gasteiger partial charge in [-0.25, -0.2) is 0 Å². The second-order valence-corrected chi connectivity index (χ2v) is 7.76. The van der Waals surface area contributed by atoms with E-state index >= 15 is 0 Å². The van der Waals surface area contributed by atoms with Crippen molar-refractivity contribution in [2.75, 3.05) is 0 Å². The monoisotopic (exact) mass is 470 g/mol. The molecule has 0 spiro atoms. The van der Waals surface area contributed by atoms with Gasteiger partial charge in [0.15, 0.2) is 0 Å². The minimum Gasteiger partial charge on any atom is -1.00 e. The van der Waals surface area contributed by atoms with E-state index in [-0.39, 0.29) is 46.5 Å². The number of hydrogen-bond acceptors (Lipinski definition) is 0. The molecule has 5 aromatic rings. The van der Waals surface area contributed by atoms with Gasteiger partial charge in [0.25, 0.3) is 0 Å². The molecule has 29 heavy (non-hydrogen) atoms. The van der Waals surface area contributed by atoms with Crippen LogP contribution in [-0.4, -0.2) is 0 Å². The van der Waals surface area contributed by atoms with Crippen LogP contribution in [0.1, 0.15) is 5.56 Å². The van der Waals surface area contributed by atoms with Crippen LogP contribution in [0.5, 0.6) is 0 Å². The maximum absolute atomic E-state index is 2.29. The average Bonchev–Trinajstić information content (AvgIpc) is 3.28. The van der Waals surface area contributed by atoms with Gasteiger partial charge in [0, 0.05) is 0 Å². The molecule has 4 heteroatoms. The first-order valence-electron chi connectivity index (χ1n) is 8.89. The van der Waals surface area contributed by atoms with Crippen LogP contribution in [0.3, 0.4) is 0 Å². The quantitative estimate of drug-likeness (QED) is 0.194. The van der Waals surface area contributed by atoms with Crippen molar-refractivity contribution >= 4 is 40.7 Å². The normalized spacial score (nSPS) is 9.97. The Morgan fingerprint density at radius 2 is 1.31 bits per heavy atom. The standard InChI is InChI=1S/C16H14P.C9H7.2ClH.Ti/c1-12-11-13-7-5-6-10-15(13)16(12)17-14-8-3-2-4-9-14;1-2-5-9-7-3-6-8(9)4-1;;;/h2-11,17H,1H3;1-7H;2*1H;/q2*-1;;;+4/p-2. The molecule has 0 N–H and O–H groups in total. The van der Waals surface area contributed by atoms with Gasteiger partial charge in [0.1, 0.15) is 0 Å². The molecule has 5 rings (SSSR count). The van der Waals surface area contributed by atoms with Gasteiger partial charge in [-0.1, -0.05) is 49.4 Å². The Morgan fingerprint density at radius 1 is 0.690 bits per heavy atom. The van der Waals surface area contributed by atoms with Crippen molar-refractivity contribution in [1.29, 1.82) is 0 Å². The smallest absolute Gasteiger partial charge is 1.00 e. The first kappa shape index (κ1) is 25.6. The molecule has 0 aliphatic heterocycles. The van der Waals surface area contributed by atoms with Crippen molar-refractivity contribution < 1.29 is 46.5 Å². The van der Waals surface area contributed by atoms with Crippen LogP contribution in [0, 0.1) is 6.92 Å². The van der Waals surface area contributed by atoms with Crippen molar-refractivity contribution in [2.24, 2.45) is 0 Å². The molecule has 5 aromatic carbocycles. The fourth-order valence-corrected chi connectivity index (χ4v) is 4.55. The van der Waals surface area contributed by atoms with E-state index in [0.717, 1.165) is 8.58 Å². The maximum atomic E-state index is 2.29. The molecule has 0 saturated carbocycles. The Labute approximate surface area is 201 Å². The number of aryl methyl sites for hydroxylation is 1. The van der Waals surface area contributed by atoms with Gasteiger partial charge in [-0.2, -0.15) is 17.5 Å². The Morgan fingerprint density at radius 3 is 2.03 bits per heavy atom. The molecule has 144 valence electrons. The molecule has 0 bridgehead atoms. The molecule has 0 nitrogen and oxygen atoms in total. The summed E-state index contributed by atoms with van der Waals surface area (Å²) in [4.78, 5) is 0. The summed E-state index contributed by atoms with van der Waals surface area (Å²) in [6.45, 7) is 2.21. The molecule has 1 atom stereocenters. The molecule has 0 saturated heterocycles. The molecule has 0 amide bonds. The zero-order valence-electron chi connectivity index (χ0n) is 16.1. The van der Waals surface area contributed by atoms with Crippen LogP contribution < -0.4 is 35.4 Å². The van der Waals surface area contributed by atoms with Crippen molar-refractivity contribution in [3.8, 4) is 0 Å². The average molecular weight is 471 g/mol. The molecule has 0 radical (unpaired) electrons. The summed E-state index contributed by atoms with van der Waals surface area (Å²) in [5.41, 5.74) is 1.41. The third kappa shape index (κ3) is 6.29. The Balaban J connectivity index is 0.000000302. The molecule has 0 fully saturated rings. The van der Waals surface area contributed by atoms with Gasteiger partial charge in [0.05, 0.1) is 0 Å². The number of hydrogen-bond donors (Lipinski definition) is 0. The fraction of sp³-hybridized carbons (Fsp3) is 0.0400. The first-order chi connectivity index (χ1) is 12.8. The molecule has 0 aliphatic carbocycles. The van der Waals surface area contributed by atoms with Gasteiger partial charge >= 0.3 is 21.7 Å². The summed E-state index contributed by atoms with van der Waals surface area (Å²) in [5, 5.41) is 8.34. The fourth-order valence-electron chi connectivity index (χ4n) is 3.27. The summed E-state index contributed by atoms with van der Waals surface area (Å²) in [5.74, 6) is 0. The van der Waals surface area contributed by atoms with Gasteiger partial charge in [0.2, 0.25) is 0 Å². The Bertz CT molecular complexity index is 1100. The summed E-state index contributed by atoms with van der Waals surface area (Å²) in [7, 11) is 0.754. The van der Waals surface area contributed by atoms with Crippen LogP contribution in [0.4, 0.5) is 0 Å². The van der Waals surface area contributed by atoms with Crippen molar-refractivity contribution in [3.05, 3.63) is 109 Å². The Kier molecular flexibility index (Phi) is 10.9. The first-order valence-corrected chi connectivity index (χ1v) is 9.89. The van der Waals surface area contributed by atoms with Crippen molar-refractivity contribution in [3.63, 3.8) is 0 Å². The molecule has 0 aliphatic rings. The second-order valence-electron chi connectivity index (χ2n) is 6.44. The predicted octanol–water partition coefficient (Wildman–Crippen LogP) is 0.0606. The van der Waals surface area contributed by atoms with Crippen LogP contribution in [0.15, 0.2) is 103 Å². The Hall–Kier alpha value is -1.40. The summed E-state index contributed by atoms with van der Waals surface area (Å²) < 4.78 is 0. The van der Waals surface area contributed by atoms with E-state index in [1.54, 1.807) is 0 Å². The molecule has 0 heterocycles. The topological polar surface area (TPSA) is 0 Å². The maximum Gasteiger partial charge on any atom is 4.00 e. The predicted molar refractivity (Wildman–Crippen MR) is 118 cm³/mol. The van der Waals surface area contributed by atoms with E-state index in [9.17, 15) is 0 Å². The molecule has 0 aromatic heterocycles. The zero-order valence-corrected chi connectivity index (χ0v) is 20.1. The summed E-state index contributed by atoms with van der Waals surface area (Å²) in [6, 6.07) is 36.3. The van der Waals surface area contributed by atoms with E-state index < -0.39 is 0 Å². The van der Waals surface area contributed by atoms with Crippen LogP contribution in [-0.2, 0) is 21.7 Å². The van der Waals surface area contributed by atoms with E-state index in [0.29, 0.717) is 0 Å². The van der Waals surface area contributed by atoms with E-state index in [1.165, 1.54) is 37.7 Å². The minimum absolute atomic E-state index is 0. The number of benzene rings is 3. The number of rotatable bonds is 2. The van der Waals surface area contributed by atoms with Gasteiger partial charge in [-0.3, -0.25) is 0 Å². The van der Waals surface area contributed by atoms with E-state index in [4.69, 9.17) is 0 Å². The summed E-state index contributed by atoms with van der Waals surface area (Å²) in [6.07, 6.45) is 0. The summed E-state index contributed by atoms with van der Waals surface area (Å²) >= 11 is 0. The van der Waals surface area contributed by atoms with Gasteiger partial charge in [-0.05, 0) is 5.30 Å². The van der Waals surface area contributed by atoms with Crippen molar-refractivity contribution in [1.82, 2.24) is 0 Å². The third-order valence-electron chi connectivity index (χ3n) is 4.59. The SMILES string of the molecule is Cc1[cH-]c2ccccc2c1Pc1ccccc1.[Cl-].[Cl-].[Ti+4].c1ccc2[cH-]ccc2c1. The molecule has 1 unspecified atom stereocenters. The van der Waals surface area contributed by atoms with Crippen LogP contribution in [0.25, 0.3) is 21.5 Å². The van der Waals surface area contributed by atoms with Crippen molar-refractivity contribution in [2.45, 2.75) is 6.92 Å². The van der Waals surface area contributed by atoms with E-state index in [2.05, 4.69) is 110 Å². The largest absolute Gasteiger partial charge is 4.00 e. The third-order valence-corrected chi connectivity index (χ3v) is 6.12. The van der Waals surface area contributed by atoms with Crippen LogP contribution in [0.2, 0.25) is 0 Å².